The van der Waals surface area contributed by atoms with E-state index in [-0.39, 0.29) is 17.4 Å². The van der Waals surface area contributed by atoms with Crippen molar-refractivity contribution in [2.75, 3.05) is 11.2 Å². The Kier molecular flexibility index (Phi) is 6.35. The second-order valence-corrected chi connectivity index (χ2v) is 9.87. The first-order valence-electron chi connectivity index (χ1n) is 11.8. The third-order valence-electron chi connectivity index (χ3n) is 6.80. The maximum absolute atomic E-state index is 13.5. The van der Waals surface area contributed by atoms with Crippen molar-refractivity contribution in [1.82, 2.24) is 0 Å². The minimum absolute atomic E-state index is 0.0385. The fraction of sp³-hybridized carbons (Fsp3) is 0.200. The molecule has 5 heteroatoms. The monoisotopic (exact) mass is 480 g/mol. The SMILES string of the molecule is CSc1ccc(C2C3=C(CCCC3=O)N(c3ccc(C)cc3)C(=N)/C2=C(/O)c2ccccc2)cc1. The molecule has 0 saturated carbocycles. The van der Waals surface area contributed by atoms with Crippen LogP contribution in [-0.2, 0) is 4.79 Å². The van der Waals surface area contributed by atoms with E-state index >= 15 is 0 Å². The average molecular weight is 481 g/mol. The zero-order valence-electron chi connectivity index (χ0n) is 19.9. The van der Waals surface area contributed by atoms with Crippen LogP contribution in [0.1, 0.15) is 41.9 Å². The molecule has 35 heavy (non-hydrogen) atoms. The maximum atomic E-state index is 13.5. The van der Waals surface area contributed by atoms with E-state index in [9.17, 15) is 15.3 Å². The molecule has 1 unspecified atom stereocenters. The first-order valence-corrected chi connectivity index (χ1v) is 13.1. The second kappa shape index (κ2) is 9.59. The van der Waals surface area contributed by atoms with Gasteiger partial charge in [-0.05, 0) is 55.9 Å². The highest BCUT2D eigenvalue weighted by Gasteiger charge is 2.43. The molecule has 1 heterocycles. The van der Waals surface area contributed by atoms with Gasteiger partial charge in [0, 0.05) is 45.3 Å². The number of aliphatic hydroxyl groups excluding tert-OH is 1. The molecule has 1 aliphatic carbocycles. The lowest BCUT2D eigenvalue weighted by atomic mass is 9.73. The quantitative estimate of drug-likeness (QED) is 0.304. The Labute approximate surface area is 210 Å². The van der Waals surface area contributed by atoms with Gasteiger partial charge in [-0.25, -0.2) is 0 Å². The lowest BCUT2D eigenvalue weighted by Gasteiger charge is -2.41. The summed E-state index contributed by atoms with van der Waals surface area (Å²) in [6.07, 6.45) is 3.99. The average Bonchev–Trinajstić information content (AvgIpc) is 2.89. The van der Waals surface area contributed by atoms with Crippen LogP contribution >= 0.6 is 11.8 Å². The Morgan fingerprint density at radius 2 is 1.66 bits per heavy atom. The molecule has 0 saturated heterocycles. The Morgan fingerprint density at radius 1 is 0.971 bits per heavy atom. The van der Waals surface area contributed by atoms with Crippen LogP contribution in [0.3, 0.4) is 0 Å². The Hall–Kier alpha value is -3.57. The number of allylic oxidation sites excluding steroid dienone is 2. The van der Waals surface area contributed by atoms with Crippen molar-refractivity contribution in [3.05, 3.63) is 112 Å². The molecule has 1 aliphatic heterocycles. The third kappa shape index (κ3) is 4.21. The third-order valence-corrected chi connectivity index (χ3v) is 7.54. The zero-order valence-corrected chi connectivity index (χ0v) is 20.7. The lowest BCUT2D eigenvalue weighted by molar-refractivity contribution is -0.116. The Bertz CT molecular complexity index is 1340. The van der Waals surface area contributed by atoms with E-state index in [4.69, 9.17) is 0 Å². The first-order chi connectivity index (χ1) is 17.0. The molecule has 176 valence electrons. The van der Waals surface area contributed by atoms with Crippen LogP contribution in [-0.4, -0.2) is 23.0 Å². The van der Waals surface area contributed by atoms with E-state index in [0.717, 1.165) is 40.2 Å². The number of anilines is 1. The molecular weight excluding hydrogens is 452 g/mol. The number of rotatable bonds is 4. The fourth-order valence-electron chi connectivity index (χ4n) is 5.05. The van der Waals surface area contributed by atoms with Gasteiger partial charge in [-0.3, -0.25) is 15.1 Å². The summed E-state index contributed by atoms with van der Waals surface area (Å²) >= 11 is 1.66. The fourth-order valence-corrected chi connectivity index (χ4v) is 5.46. The van der Waals surface area contributed by atoms with Gasteiger partial charge in [0.2, 0.25) is 0 Å². The number of hydrogen-bond donors (Lipinski definition) is 2. The molecule has 5 rings (SSSR count). The van der Waals surface area contributed by atoms with Crippen molar-refractivity contribution in [2.24, 2.45) is 0 Å². The van der Waals surface area contributed by atoms with Gasteiger partial charge >= 0.3 is 0 Å². The minimum Gasteiger partial charge on any atom is -0.507 e. The van der Waals surface area contributed by atoms with Gasteiger partial charge in [0.15, 0.2) is 5.78 Å². The van der Waals surface area contributed by atoms with Gasteiger partial charge in [-0.1, -0.05) is 60.2 Å². The lowest BCUT2D eigenvalue weighted by Crippen LogP contribution is -2.42. The molecule has 0 radical (unpaired) electrons. The molecule has 0 aromatic heterocycles. The largest absolute Gasteiger partial charge is 0.507 e. The number of Topliss-reactive ketones (excluding diaryl/α,β-unsaturated/α-hetero) is 1. The van der Waals surface area contributed by atoms with Crippen LogP contribution in [0.5, 0.6) is 0 Å². The molecule has 4 nitrogen and oxygen atoms in total. The number of carbonyl (C=O) groups is 1. The van der Waals surface area contributed by atoms with E-state index in [1.807, 2.05) is 96.9 Å². The Balaban J connectivity index is 1.80. The molecule has 0 amide bonds. The predicted molar refractivity (Wildman–Crippen MR) is 144 cm³/mol. The molecule has 0 spiro atoms. The molecule has 3 aromatic carbocycles. The van der Waals surface area contributed by atoms with Crippen molar-refractivity contribution in [3.8, 4) is 0 Å². The van der Waals surface area contributed by atoms with Gasteiger partial charge in [0.25, 0.3) is 0 Å². The molecule has 3 aromatic rings. The van der Waals surface area contributed by atoms with Crippen molar-refractivity contribution in [2.45, 2.75) is 37.0 Å². The van der Waals surface area contributed by atoms with Crippen LogP contribution in [0.4, 0.5) is 5.69 Å². The minimum atomic E-state index is -0.497. The van der Waals surface area contributed by atoms with Crippen LogP contribution in [0.15, 0.2) is 101 Å². The molecule has 0 fully saturated rings. The van der Waals surface area contributed by atoms with Crippen LogP contribution < -0.4 is 4.90 Å². The summed E-state index contributed by atoms with van der Waals surface area (Å²) in [5.74, 6) is -0.157. The van der Waals surface area contributed by atoms with Crippen molar-refractivity contribution >= 4 is 34.8 Å². The molecule has 1 atom stereocenters. The zero-order chi connectivity index (χ0) is 24.5. The summed E-state index contributed by atoms with van der Waals surface area (Å²) in [5.41, 5.74) is 5.53. The first kappa shape index (κ1) is 23.2. The number of hydrogen-bond acceptors (Lipinski definition) is 4. The van der Waals surface area contributed by atoms with Gasteiger partial charge in [-0.2, -0.15) is 0 Å². The van der Waals surface area contributed by atoms with Crippen LogP contribution in [0.25, 0.3) is 5.76 Å². The van der Waals surface area contributed by atoms with Crippen molar-refractivity contribution in [3.63, 3.8) is 0 Å². The normalized spacial score (nSPS) is 19.6. The van der Waals surface area contributed by atoms with Gasteiger partial charge in [0.1, 0.15) is 11.6 Å². The number of thioether (sulfide) groups is 1. The van der Waals surface area contributed by atoms with E-state index in [0.29, 0.717) is 23.1 Å². The number of carbonyl (C=O) groups excluding carboxylic acids is 1. The summed E-state index contributed by atoms with van der Waals surface area (Å²) in [6, 6.07) is 25.4. The van der Waals surface area contributed by atoms with Gasteiger partial charge in [0.05, 0.1) is 0 Å². The highest BCUT2D eigenvalue weighted by molar-refractivity contribution is 7.98. The molecule has 2 aliphatic rings. The number of nitrogens with one attached hydrogen (secondary N) is 1. The number of ketones is 1. The summed E-state index contributed by atoms with van der Waals surface area (Å²) in [6.45, 7) is 2.03. The number of nitrogens with zero attached hydrogens (tertiary/aromatic N) is 1. The van der Waals surface area contributed by atoms with E-state index in [1.165, 1.54) is 0 Å². The number of amidine groups is 1. The molecule has 0 bridgehead atoms. The van der Waals surface area contributed by atoms with Crippen molar-refractivity contribution in [1.29, 1.82) is 5.41 Å². The number of benzene rings is 3. The Morgan fingerprint density at radius 3 is 2.31 bits per heavy atom. The summed E-state index contributed by atoms with van der Waals surface area (Å²) in [5, 5.41) is 21.0. The van der Waals surface area contributed by atoms with Gasteiger partial charge < -0.3 is 5.11 Å². The highest BCUT2D eigenvalue weighted by Crippen LogP contribution is 2.48. The number of aliphatic hydroxyl groups is 1. The summed E-state index contributed by atoms with van der Waals surface area (Å²) in [7, 11) is 0. The van der Waals surface area contributed by atoms with Crippen LogP contribution in [0, 0.1) is 12.3 Å². The summed E-state index contributed by atoms with van der Waals surface area (Å²) in [4.78, 5) is 16.5. The molecule has 2 N–H and O–H groups in total. The predicted octanol–water partition coefficient (Wildman–Crippen LogP) is 7.27. The topological polar surface area (TPSA) is 64.4 Å². The van der Waals surface area contributed by atoms with E-state index < -0.39 is 5.92 Å². The highest BCUT2D eigenvalue weighted by atomic mass is 32.2. The smallest absolute Gasteiger partial charge is 0.161 e. The van der Waals surface area contributed by atoms with Crippen molar-refractivity contribution < 1.29 is 9.90 Å². The van der Waals surface area contributed by atoms with E-state index in [2.05, 4.69) is 0 Å². The molecular formula is C30H28N2O2S. The standard InChI is InChI=1S/C30H28N2O2S/c1-19-11-15-22(16-12-19)32-24-9-6-10-25(33)27(24)26(20-13-17-23(35-2)18-14-20)28(30(32)31)29(34)21-7-4-3-5-8-21/h3-5,7-8,11-18,26,31,34H,6,9-10H2,1-2H3/b29-28+,31-30?. The van der Waals surface area contributed by atoms with Gasteiger partial charge in [-0.15, -0.1) is 11.8 Å². The second-order valence-electron chi connectivity index (χ2n) is 8.99. The van der Waals surface area contributed by atoms with Crippen LogP contribution in [0.2, 0.25) is 0 Å². The van der Waals surface area contributed by atoms with E-state index in [1.54, 1.807) is 11.8 Å². The number of aryl methyl sites for hydroxylation is 1. The maximum Gasteiger partial charge on any atom is 0.161 e. The summed E-state index contributed by atoms with van der Waals surface area (Å²) < 4.78 is 0.